The number of hydrogen-bond donors (Lipinski definition) is 0. The average Bonchev–Trinajstić information content (AvgIpc) is 3.36. The minimum Gasteiger partial charge on any atom is -0.468 e. The number of rotatable bonds is 4. The molecule has 3 aliphatic rings. The fraction of sp³-hybridized carbons (Fsp3) is 0.280. The zero-order valence-corrected chi connectivity index (χ0v) is 19.4. The van der Waals surface area contributed by atoms with Gasteiger partial charge in [-0.05, 0) is 37.1 Å². The van der Waals surface area contributed by atoms with Crippen LogP contribution in [-0.4, -0.2) is 71.5 Å². The van der Waals surface area contributed by atoms with E-state index in [0.717, 1.165) is 33.0 Å². The standard InChI is InChI=1S/C25H25N5O4/c1-15-10-16(2)12-18(11-15)30-19(17-8-6-5-7-9-17)13-28-21-22(26-24(28)30)27(3)25(33)29(23(21)32)14-20(31)34-4/h5-13,21-22H,14H2,1-4H3. The lowest BCUT2D eigenvalue weighted by molar-refractivity contribution is -0.148. The molecule has 2 aromatic carbocycles. The van der Waals surface area contributed by atoms with Gasteiger partial charge in [0, 0.05) is 24.5 Å². The Bertz CT molecular complexity index is 1230. The zero-order chi connectivity index (χ0) is 24.1. The molecule has 5 rings (SSSR count). The van der Waals surface area contributed by atoms with Crippen LogP contribution in [0.1, 0.15) is 16.7 Å². The molecule has 3 amide bonds. The average molecular weight is 460 g/mol. The van der Waals surface area contributed by atoms with Gasteiger partial charge in [-0.15, -0.1) is 0 Å². The van der Waals surface area contributed by atoms with Gasteiger partial charge in [-0.3, -0.25) is 24.3 Å². The first-order valence-electron chi connectivity index (χ1n) is 11.0. The van der Waals surface area contributed by atoms with E-state index >= 15 is 0 Å². The van der Waals surface area contributed by atoms with Crippen LogP contribution in [0.15, 0.2) is 59.7 Å². The van der Waals surface area contributed by atoms with Gasteiger partial charge in [-0.2, -0.15) is 0 Å². The first-order chi connectivity index (χ1) is 16.3. The van der Waals surface area contributed by atoms with Crippen LogP contribution in [0.3, 0.4) is 0 Å². The Morgan fingerprint density at radius 3 is 2.38 bits per heavy atom. The van der Waals surface area contributed by atoms with Crippen molar-refractivity contribution in [3.8, 4) is 0 Å². The van der Waals surface area contributed by atoms with Crippen molar-refractivity contribution in [2.24, 2.45) is 4.99 Å². The lowest BCUT2D eigenvalue weighted by Crippen LogP contribution is -2.65. The maximum Gasteiger partial charge on any atom is 0.328 e. The number of ether oxygens (including phenoxy) is 1. The zero-order valence-electron chi connectivity index (χ0n) is 19.4. The number of amides is 3. The maximum atomic E-state index is 13.5. The van der Waals surface area contributed by atoms with Crippen molar-refractivity contribution in [3.05, 3.63) is 71.4 Å². The number of benzene rings is 2. The number of nitrogens with zero attached hydrogens (tertiary/aromatic N) is 5. The van der Waals surface area contributed by atoms with E-state index in [4.69, 9.17) is 4.99 Å². The maximum absolute atomic E-state index is 13.5. The lowest BCUT2D eigenvalue weighted by atomic mass is 10.1. The number of methoxy groups -OCH3 is 1. The minimum absolute atomic E-state index is 0.444. The molecule has 9 heteroatoms. The van der Waals surface area contributed by atoms with Crippen molar-refractivity contribution in [2.45, 2.75) is 26.1 Å². The summed E-state index contributed by atoms with van der Waals surface area (Å²) in [5.74, 6) is -0.582. The van der Waals surface area contributed by atoms with Crippen LogP contribution in [0, 0.1) is 13.8 Å². The molecule has 3 aliphatic heterocycles. The van der Waals surface area contributed by atoms with Crippen LogP contribution in [0.5, 0.6) is 0 Å². The number of aliphatic imine (C=N–C) groups is 1. The highest BCUT2D eigenvalue weighted by atomic mass is 16.5. The van der Waals surface area contributed by atoms with Gasteiger partial charge in [0.2, 0.25) is 5.96 Å². The molecular weight excluding hydrogens is 434 g/mol. The Kier molecular flexibility index (Phi) is 5.11. The normalized spacial score (nSPS) is 21.4. The van der Waals surface area contributed by atoms with E-state index in [2.05, 4.69) is 22.9 Å². The van der Waals surface area contributed by atoms with Crippen molar-refractivity contribution in [3.63, 3.8) is 0 Å². The van der Waals surface area contributed by atoms with Crippen molar-refractivity contribution in [2.75, 3.05) is 25.6 Å². The molecule has 2 aromatic rings. The Morgan fingerprint density at radius 1 is 1.06 bits per heavy atom. The number of anilines is 1. The fourth-order valence-electron chi connectivity index (χ4n) is 4.72. The Morgan fingerprint density at radius 2 is 1.74 bits per heavy atom. The second-order valence-electron chi connectivity index (χ2n) is 8.65. The SMILES string of the molecule is COC(=O)CN1C(=O)C2C(N=C3N(c4cc(C)cc(C)c4)C(c4ccccc4)=CN32)N(C)C1=O. The van der Waals surface area contributed by atoms with Gasteiger partial charge >= 0.3 is 12.0 Å². The quantitative estimate of drug-likeness (QED) is 0.654. The molecule has 174 valence electrons. The van der Waals surface area contributed by atoms with Crippen molar-refractivity contribution < 1.29 is 19.1 Å². The predicted molar refractivity (Wildman–Crippen MR) is 127 cm³/mol. The van der Waals surface area contributed by atoms with Gasteiger partial charge in [-0.25, -0.2) is 9.79 Å². The Balaban J connectivity index is 1.61. The van der Waals surface area contributed by atoms with Crippen LogP contribution < -0.4 is 4.90 Å². The second-order valence-corrected chi connectivity index (χ2v) is 8.65. The molecule has 2 atom stereocenters. The molecule has 0 aromatic heterocycles. The number of carbonyl (C=O) groups is 3. The topological polar surface area (TPSA) is 85.8 Å². The summed E-state index contributed by atoms with van der Waals surface area (Å²) >= 11 is 0. The van der Waals surface area contributed by atoms with Crippen molar-refractivity contribution in [1.29, 1.82) is 0 Å². The molecule has 0 saturated carbocycles. The summed E-state index contributed by atoms with van der Waals surface area (Å²) in [4.78, 5) is 49.2. The third kappa shape index (κ3) is 3.32. The number of carbonyl (C=O) groups excluding carboxylic acids is 3. The summed E-state index contributed by atoms with van der Waals surface area (Å²) in [5, 5.41) is 0. The monoisotopic (exact) mass is 459 g/mol. The molecule has 0 radical (unpaired) electrons. The highest BCUT2D eigenvalue weighted by Gasteiger charge is 2.55. The highest BCUT2D eigenvalue weighted by Crippen LogP contribution is 2.40. The summed E-state index contributed by atoms with van der Waals surface area (Å²) in [6, 6.07) is 14.7. The summed E-state index contributed by atoms with van der Waals surface area (Å²) < 4.78 is 4.69. The lowest BCUT2D eigenvalue weighted by Gasteiger charge is -2.39. The number of fused-ring (bicyclic) bond motifs is 3. The van der Waals surface area contributed by atoms with E-state index in [1.165, 1.54) is 12.0 Å². The van der Waals surface area contributed by atoms with Gasteiger partial charge < -0.3 is 9.64 Å². The van der Waals surface area contributed by atoms with Gasteiger partial charge in [0.15, 0.2) is 12.2 Å². The molecular formula is C25H25N5O4. The third-order valence-corrected chi connectivity index (χ3v) is 6.26. The summed E-state index contributed by atoms with van der Waals surface area (Å²) in [7, 11) is 2.81. The van der Waals surface area contributed by atoms with E-state index < -0.39 is 36.7 Å². The minimum atomic E-state index is -0.781. The van der Waals surface area contributed by atoms with E-state index in [-0.39, 0.29) is 0 Å². The number of guanidine groups is 1. The van der Waals surface area contributed by atoms with Crippen molar-refractivity contribution >= 4 is 35.3 Å². The number of imide groups is 1. The predicted octanol–water partition coefficient (Wildman–Crippen LogP) is 2.56. The number of urea groups is 1. The fourth-order valence-corrected chi connectivity index (χ4v) is 4.72. The van der Waals surface area contributed by atoms with Crippen LogP contribution in [0.2, 0.25) is 0 Å². The molecule has 0 aliphatic carbocycles. The molecule has 9 nitrogen and oxygen atoms in total. The molecule has 2 unspecified atom stereocenters. The molecule has 0 bridgehead atoms. The molecule has 1 fully saturated rings. The van der Waals surface area contributed by atoms with Crippen molar-refractivity contribution in [1.82, 2.24) is 14.7 Å². The Hall–Kier alpha value is -4.14. The highest BCUT2D eigenvalue weighted by molar-refractivity contribution is 6.16. The molecule has 0 N–H and O–H groups in total. The number of esters is 1. The smallest absolute Gasteiger partial charge is 0.328 e. The number of likely N-dealkylation sites (N-methyl/N-ethyl adjacent to an activating group) is 1. The number of aryl methyl sites for hydroxylation is 2. The van der Waals surface area contributed by atoms with Gasteiger partial charge in [0.25, 0.3) is 5.91 Å². The summed E-state index contributed by atoms with van der Waals surface area (Å²) in [5.41, 5.74) is 4.96. The number of hydrogen-bond acceptors (Lipinski definition) is 7. The van der Waals surface area contributed by atoms with Crippen LogP contribution >= 0.6 is 0 Å². The van der Waals surface area contributed by atoms with Crippen LogP contribution in [-0.2, 0) is 14.3 Å². The molecule has 3 heterocycles. The van der Waals surface area contributed by atoms with E-state index in [1.54, 1.807) is 11.9 Å². The second kappa shape index (κ2) is 8.02. The first-order valence-corrected chi connectivity index (χ1v) is 11.0. The summed E-state index contributed by atoms with van der Waals surface area (Å²) in [6.07, 6.45) is 1.19. The largest absolute Gasteiger partial charge is 0.468 e. The van der Waals surface area contributed by atoms with E-state index in [1.807, 2.05) is 55.3 Å². The van der Waals surface area contributed by atoms with E-state index in [9.17, 15) is 14.4 Å². The summed E-state index contributed by atoms with van der Waals surface area (Å²) in [6.45, 7) is 3.63. The van der Waals surface area contributed by atoms with Crippen LogP contribution in [0.25, 0.3) is 5.70 Å². The molecule has 1 saturated heterocycles. The van der Waals surface area contributed by atoms with Crippen LogP contribution in [0.4, 0.5) is 10.5 Å². The van der Waals surface area contributed by atoms with Gasteiger partial charge in [-0.1, -0.05) is 36.4 Å². The molecule has 34 heavy (non-hydrogen) atoms. The Labute approximate surface area is 197 Å². The van der Waals surface area contributed by atoms with Gasteiger partial charge in [0.05, 0.1) is 12.8 Å². The first kappa shape index (κ1) is 21.7. The third-order valence-electron chi connectivity index (χ3n) is 6.26. The molecule has 0 spiro atoms. The van der Waals surface area contributed by atoms with Gasteiger partial charge in [0.1, 0.15) is 6.54 Å². The van der Waals surface area contributed by atoms with E-state index in [0.29, 0.717) is 5.96 Å².